The summed E-state index contributed by atoms with van der Waals surface area (Å²) in [5.41, 5.74) is 1.12. The van der Waals surface area contributed by atoms with Crippen molar-refractivity contribution in [3.05, 3.63) is 18.0 Å². The number of hydrogen-bond donors (Lipinski definition) is 1. The minimum atomic E-state index is 0.0844. The van der Waals surface area contributed by atoms with Crippen molar-refractivity contribution in [2.75, 3.05) is 26.2 Å². The highest BCUT2D eigenvalue weighted by Gasteiger charge is 2.33. The van der Waals surface area contributed by atoms with Crippen LogP contribution >= 0.6 is 0 Å². The zero-order valence-electron chi connectivity index (χ0n) is 12.4. The van der Waals surface area contributed by atoms with Crippen LogP contribution in [0.2, 0.25) is 0 Å². The molecule has 6 heteroatoms. The molecule has 2 saturated heterocycles. The van der Waals surface area contributed by atoms with Gasteiger partial charge in [-0.15, -0.1) is 0 Å². The van der Waals surface area contributed by atoms with Gasteiger partial charge in [0, 0.05) is 56.8 Å². The van der Waals surface area contributed by atoms with E-state index in [0.29, 0.717) is 19.0 Å². The van der Waals surface area contributed by atoms with Crippen molar-refractivity contribution in [3.63, 3.8) is 0 Å². The zero-order valence-corrected chi connectivity index (χ0v) is 12.4. The summed E-state index contributed by atoms with van der Waals surface area (Å²) in [6.45, 7) is 4.63. The fourth-order valence-electron chi connectivity index (χ4n) is 3.41. The Kier molecular flexibility index (Phi) is 3.94. The Morgan fingerprint density at radius 2 is 1.90 bits per heavy atom. The Morgan fingerprint density at radius 1 is 1.19 bits per heavy atom. The lowest BCUT2D eigenvalue weighted by Crippen LogP contribution is -2.43. The van der Waals surface area contributed by atoms with Crippen LogP contribution in [0.25, 0.3) is 0 Å². The van der Waals surface area contributed by atoms with E-state index in [-0.39, 0.29) is 17.7 Å². The molecule has 1 atom stereocenters. The van der Waals surface area contributed by atoms with Gasteiger partial charge in [-0.3, -0.25) is 14.7 Å². The van der Waals surface area contributed by atoms with Crippen LogP contribution in [0.3, 0.4) is 0 Å². The Balaban J connectivity index is 1.54. The smallest absolute Gasteiger partial charge is 0.225 e. The number of hydrogen-bond acceptors (Lipinski definition) is 3. The van der Waals surface area contributed by atoms with Crippen LogP contribution in [-0.2, 0) is 9.59 Å². The van der Waals surface area contributed by atoms with Gasteiger partial charge in [0.05, 0.1) is 0 Å². The SMILES string of the molecule is CC(=O)N1CCC(C(=O)N2CCC(c3ccn[nH]3)C2)CC1. The number of rotatable bonds is 2. The number of likely N-dealkylation sites (tertiary alicyclic amines) is 2. The van der Waals surface area contributed by atoms with Crippen molar-refractivity contribution in [3.8, 4) is 0 Å². The molecule has 3 heterocycles. The summed E-state index contributed by atoms with van der Waals surface area (Å²) in [4.78, 5) is 27.7. The number of carbonyl (C=O) groups is 2. The summed E-state index contributed by atoms with van der Waals surface area (Å²) in [6.07, 6.45) is 4.35. The molecule has 2 amide bonds. The van der Waals surface area contributed by atoms with Crippen LogP contribution in [-0.4, -0.2) is 58.0 Å². The maximum atomic E-state index is 12.6. The molecule has 0 aromatic carbocycles. The number of aromatic amines is 1. The van der Waals surface area contributed by atoms with Crippen LogP contribution in [0.1, 0.15) is 37.8 Å². The number of amides is 2. The van der Waals surface area contributed by atoms with Crippen molar-refractivity contribution in [2.45, 2.75) is 32.1 Å². The highest BCUT2D eigenvalue weighted by molar-refractivity contribution is 5.80. The lowest BCUT2D eigenvalue weighted by atomic mass is 9.95. The molecule has 2 aliphatic heterocycles. The van der Waals surface area contributed by atoms with Crippen molar-refractivity contribution in [1.29, 1.82) is 0 Å². The van der Waals surface area contributed by atoms with Gasteiger partial charge in [0.15, 0.2) is 0 Å². The fraction of sp³-hybridized carbons (Fsp3) is 0.667. The molecule has 1 N–H and O–H groups in total. The molecule has 6 nitrogen and oxygen atoms in total. The summed E-state index contributed by atoms with van der Waals surface area (Å²) in [5, 5.41) is 6.99. The lowest BCUT2D eigenvalue weighted by molar-refractivity contribution is -0.139. The number of nitrogens with one attached hydrogen (secondary N) is 1. The van der Waals surface area contributed by atoms with Crippen molar-refractivity contribution in [2.24, 2.45) is 5.92 Å². The van der Waals surface area contributed by atoms with E-state index in [1.807, 2.05) is 15.9 Å². The average molecular weight is 290 g/mol. The first kappa shape index (κ1) is 14.1. The van der Waals surface area contributed by atoms with Crippen LogP contribution in [0.4, 0.5) is 0 Å². The van der Waals surface area contributed by atoms with Gasteiger partial charge in [-0.25, -0.2) is 0 Å². The molecule has 0 bridgehead atoms. The largest absolute Gasteiger partial charge is 0.343 e. The third-order valence-corrected chi connectivity index (χ3v) is 4.75. The molecule has 1 unspecified atom stereocenters. The van der Waals surface area contributed by atoms with E-state index in [4.69, 9.17) is 0 Å². The van der Waals surface area contributed by atoms with E-state index < -0.39 is 0 Å². The molecule has 0 spiro atoms. The predicted octanol–water partition coefficient (Wildman–Crippen LogP) is 0.984. The molecule has 2 aliphatic rings. The molecule has 1 aromatic heterocycles. The topological polar surface area (TPSA) is 69.3 Å². The number of H-pyrrole nitrogens is 1. The van der Waals surface area contributed by atoms with Gasteiger partial charge in [0.25, 0.3) is 0 Å². The van der Waals surface area contributed by atoms with Crippen molar-refractivity contribution >= 4 is 11.8 Å². The van der Waals surface area contributed by atoms with Crippen LogP contribution in [0.15, 0.2) is 12.3 Å². The van der Waals surface area contributed by atoms with Crippen LogP contribution in [0, 0.1) is 5.92 Å². The first-order chi connectivity index (χ1) is 10.1. The molecular weight excluding hydrogens is 268 g/mol. The molecule has 0 aliphatic carbocycles. The molecule has 21 heavy (non-hydrogen) atoms. The molecule has 2 fully saturated rings. The molecular formula is C15H22N4O2. The first-order valence-electron chi connectivity index (χ1n) is 7.68. The standard InChI is InChI=1S/C15H22N4O2/c1-11(20)18-7-3-12(4-8-18)15(21)19-9-5-13(10-19)14-2-6-16-17-14/h2,6,12-13H,3-5,7-10H2,1H3,(H,16,17). The van der Waals surface area contributed by atoms with E-state index in [9.17, 15) is 9.59 Å². The normalized spacial score (nSPS) is 23.6. The highest BCUT2D eigenvalue weighted by atomic mass is 16.2. The Hall–Kier alpha value is -1.85. The van der Waals surface area contributed by atoms with Gasteiger partial charge in [-0.2, -0.15) is 5.10 Å². The Bertz CT molecular complexity index is 506. The van der Waals surface area contributed by atoms with Gasteiger partial charge in [-0.05, 0) is 25.3 Å². The average Bonchev–Trinajstić information content (AvgIpc) is 3.17. The van der Waals surface area contributed by atoms with E-state index in [1.54, 1.807) is 13.1 Å². The minimum absolute atomic E-state index is 0.0844. The summed E-state index contributed by atoms with van der Waals surface area (Å²) >= 11 is 0. The number of carbonyl (C=O) groups excluding carboxylic acids is 2. The summed E-state index contributed by atoms with van der Waals surface area (Å²) in [5.74, 6) is 0.844. The van der Waals surface area contributed by atoms with E-state index in [1.165, 1.54) is 0 Å². The number of aromatic nitrogens is 2. The maximum absolute atomic E-state index is 12.6. The second kappa shape index (κ2) is 5.87. The van der Waals surface area contributed by atoms with Gasteiger partial charge >= 0.3 is 0 Å². The quantitative estimate of drug-likeness (QED) is 0.883. The summed E-state index contributed by atoms with van der Waals surface area (Å²) < 4.78 is 0. The van der Waals surface area contributed by atoms with Gasteiger partial charge in [-0.1, -0.05) is 0 Å². The monoisotopic (exact) mass is 290 g/mol. The van der Waals surface area contributed by atoms with E-state index in [0.717, 1.165) is 38.0 Å². The minimum Gasteiger partial charge on any atom is -0.343 e. The van der Waals surface area contributed by atoms with Crippen molar-refractivity contribution in [1.82, 2.24) is 20.0 Å². The Labute approximate surface area is 124 Å². The van der Waals surface area contributed by atoms with Gasteiger partial charge < -0.3 is 9.80 Å². The lowest BCUT2D eigenvalue weighted by Gasteiger charge is -2.32. The fourth-order valence-corrected chi connectivity index (χ4v) is 3.41. The highest BCUT2D eigenvalue weighted by Crippen LogP contribution is 2.28. The molecule has 1 aromatic rings. The first-order valence-corrected chi connectivity index (χ1v) is 7.68. The Morgan fingerprint density at radius 3 is 2.52 bits per heavy atom. The van der Waals surface area contributed by atoms with Gasteiger partial charge in [0.2, 0.25) is 11.8 Å². The second-order valence-corrected chi connectivity index (χ2v) is 6.06. The van der Waals surface area contributed by atoms with E-state index >= 15 is 0 Å². The maximum Gasteiger partial charge on any atom is 0.225 e. The van der Waals surface area contributed by atoms with E-state index in [2.05, 4.69) is 10.2 Å². The molecule has 0 radical (unpaired) electrons. The van der Waals surface area contributed by atoms with Crippen molar-refractivity contribution < 1.29 is 9.59 Å². The third-order valence-electron chi connectivity index (χ3n) is 4.75. The number of piperidine rings is 1. The third kappa shape index (κ3) is 2.94. The summed E-state index contributed by atoms with van der Waals surface area (Å²) in [6, 6.07) is 1.99. The zero-order chi connectivity index (χ0) is 14.8. The number of nitrogens with zero attached hydrogens (tertiary/aromatic N) is 3. The summed E-state index contributed by atoms with van der Waals surface area (Å²) in [7, 11) is 0. The van der Waals surface area contributed by atoms with Crippen LogP contribution < -0.4 is 0 Å². The molecule has 0 saturated carbocycles. The van der Waals surface area contributed by atoms with Crippen LogP contribution in [0.5, 0.6) is 0 Å². The molecule has 3 rings (SSSR count). The predicted molar refractivity (Wildman–Crippen MR) is 77.5 cm³/mol. The second-order valence-electron chi connectivity index (χ2n) is 6.06. The van der Waals surface area contributed by atoms with Gasteiger partial charge in [0.1, 0.15) is 0 Å². The molecule has 114 valence electrons.